The van der Waals surface area contributed by atoms with Gasteiger partial charge in [-0.25, -0.2) is 0 Å². The smallest absolute Gasteiger partial charge is 0.308 e. The normalized spacial score (nSPS) is 18.0. The second kappa shape index (κ2) is 6.82. The van der Waals surface area contributed by atoms with Crippen LogP contribution in [0.2, 0.25) is 0 Å². The van der Waals surface area contributed by atoms with Crippen LogP contribution >= 0.6 is 11.6 Å². The first-order valence-corrected chi connectivity index (χ1v) is 7.34. The molecule has 0 aromatic carbocycles. The Morgan fingerprint density at radius 3 is 2.05 bits per heavy atom. The fourth-order valence-electron chi connectivity index (χ4n) is 2.58. The Kier molecular flexibility index (Phi) is 5.10. The Hall–Kier alpha value is -1.20. The standard InChI is InChI=1S/C16H19ClO2/c1-12(18)19-16(14-8-4-5-9-14)11-10-15(17)13-6-2-3-7-13/h2-9H2,1H3. The lowest BCUT2D eigenvalue weighted by Crippen LogP contribution is -2.00. The van der Waals surface area contributed by atoms with Crippen LogP contribution < -0.4 is 0 Å². The number of allylic oxidation sites excluding steroid dienone is 4. The van der Waals surface area contributed by atoms with E-state index in [4.69, 9.17) is 16.3 Å². The van der Waals surface area contributed by atoms with E-state index in [-0.39, 0.29) is 5.97 Å². The topological polar surface area (TPSA) is 26.3 Å². The summed E-state index contributed by atoms with van der Waals surface area (Å²) in [4.78, 5) is 11.1. The van der Waals surface area contributed by atoms with Crippen LogP contribution in [0.1, 0.15) is 58.3 Å². The van der Waals surface area contributed by atoms with Gasteiger partial charge in [-0.3, -0.25) is 4.79 Å². The average Bonchev–Trinajstić information content (AvgIpc) is 3.04. The molecule has 2 aliphatic rings. The van der Waals surface area contributed by atoms with Crippen LogP contribution in [0.15, 0.2) is 21.9 Å². The lowest BCUT2D eigenvalue weighted by Gasteiger charge is -2.04. The fraction of sp³-hybridized carbons (Fsp3) is 0.562. The summed E-state index contributed by atoms with van der Waals surface area (Å²) in [6.07, 6.45) is 8.75. The van der Waals surface area contributed by atoms with Crippen molar-refractivity contribution in [3.63, 3.8) is 0 Å². The molecule has 19 heavy (non-hydrogen) atoms. The number of esters is 1. The van der Waals surface area contributed by atoms with Crippen molar-refractivity contribution in [3.8, 4) is 11.8 Å². The van der Waals surface area contributed by atoms with Gasteiger partial charge in [0.15, 0.2) is 5.76 Å². The molecule has 102 valence electrons. The van der Waals surface area contributed by atoms with E-state index in [0.29, 0.717) is 10.8 Å². The number of hydrogen-bond donors (Lipinski definition) is 0. The quantitative estimate of drug-likeness (QED) is 0.402. The van der Waals surface area contributed by atoms with Gasteiger partial charge in [0.2, 0.25) is 0 Å². The predicted molar refractivity (Wildman–Crippen MR) is 76.4 cm³/mol. The van der Waals surface area contributed by atoms with Gasteiger partial charge in [0.25, 0.3) is 0 Å². The third kappa shape index (κ3) is 4.14. The Bertz CT molecular complexity index is 473. The van der Waals surface area contributed by atoms with Crippen LogP contribution in [0.25, 0.3) is 0 Å². The van der Waals surface area contributed by atoms with Crippen molar-refractivity contribution >= 4 is 17.6 Å². The van der Waals surface area contributed by atoms with Gasteiger partial charge < -0.3 is 4.74 Å². The molecule has 0 N–H and O–H groups in total. The minimum Gasteiger partial charge on any atom is -0.417 e. The molecule has 2 nitrogen and oxygen atoms in total. The molecule has 0 heterocycles. The van der Waals surface area contributed by atoms with Crippen molar-refractivity contribution < 1.29 is 9.53 Å². The molecule has 0 atom stereocenters. The van der Waals surface area contributed by atoms with Gasteiger partial charge in [-0.15, -0.1) is 0 Å². The Labute approximate surface area is 119 Å². The number of hydrogen-bond acceptors (Lipinski definition) is 2. The molecule has 0 spiro atoms. The zero-order chi connectivity index (χ0) is 13.7. The maximum Gasteiger partial charge on any atom is 0.308 e. The molecule has 2 fully saturated rings. The molecule has 0 bridgehead atoms. The van der Waals surface area contributed by atoms with Crippen LogP contribution in [0, 0.1) is 11.8 Å². The molecule has 0 aliphatic heterocycles. The Balaban J connectivity index is 2.19. The largest absolute Gasteiger partial charge is 0.417 e. The predicted octanol–water partition coefficient (Wildman–Crippen LogP) is 4.45. The number of rotatable bonds is 1. The zero-order valence-corrected chi connectivity index (χ0v) is 12.1. The SMILES string of the molecule is CC(=O)OC(C#CC(Cl)=C1CCCC1)=C1CCCC1. The summed E-state index contributed by atoms with van der Waals surface area (Å²) >= 11 is 6.22. The summed E-state index contributed by atoms with van der Waals surface area (Å²) in [5.41, 5.74) is 2.40. The molecule has 0 aromatic heterocycles. The maximum atomic E-state index is 11.1. The zero-order valence-electron chi connectivity index (χ0n) is 11.4. The highest BCUT2D eigenvalue weighted by Gasteiger charge is 2.14. The van der Waals surface area contributed by atoms with E-state index in [0.717, 1.165) is 44.1 Å². The van der Waals surface area contributed by atoms with Crippen LogP contribution in [-0.2, 0) is 9.53 Å². The van der Waals surface area contributed by atoms with Crippen LogP contribution in [0.3, 0.4) is 0 Å². The highest BCUT2D eigenvalue weighted by Crippen LogP contribution is 2.29. The molecule has 0 amide bonds. The Morgan fingerprint density at radius 1 is 1.00 bits per heavy atom. The lowest BCUT2D eigenvalue weighted by molar-refractivity contribution is -0.136. The van der Waals surface area contributed by atoms with E-state index < -0.39 is 0 Å². The van der Waals surface area contributed by atoms with Gasteiger partial charge >= 0.3 is 5.97 Å². The third-order valence-corrected chi connectivity index (χ3v) is 3.94. The third-order valence-electron chi connectivity index (χ3n) is 3.58. The molecular weight excluding hydrogens is 260 g/mol. The van der Waals surface area contributed by atoms with Crippen LogP contribution in [0.4, 0.5) is 0 Å². The fourth-order valence-corrected chi connectivity index (χ4v) is 2.82. The molecule has 0 radical (unpaired) electrons. The van der Waals surface area contributed by atoms with E-state index in [1.165, 1.54) is 25.3 Å². The number of carbonyl (C=O) groups is 1. The van der Waals surface area contributed by atoms with Crippen molar-refractivity contribution in [1.29, 1.82) is 0 Å². The van der Waals surface area contributed by atoms with Gasteiger partial charge in [-0.2, -0.15) is 0 Å². The van der Waals surface area contributed by atoms with Crippen LogP contribution in [0.5, 0.6) is 0 Å². The minimum absolute atomic E-state index is 0.312. The highest BCUT2D eigenvalue weighted by molar-refractivity contribution is 6.32. The van der Waals surface area contributed by atoms with Crippen molar-refractivity contribution in [2.24, 2.45) is 0 Å². The van der Waals surface area contributed by atoms with Gasteiger partial charge in [-0.1, -0.05) is 11.6 Å². The van der Waals surface area contributed by atoms with E-state index >= 15 is 0 Å². The summed E-state index contributed by atoms with van der Waals surface area (Å²) in [6, 6.07) is 0. The monoisotopic (exact) mass is 278 g/mol. The number of ether oxygens (including phenoxy) is 1. The van der Waals surface area contributed by atoms with Crippen molar-refractivity contribution in [1.82, 2.24) is 0 Å². The number of carbonyl (C=O) groups excluding carboxylic acids is 1. The van der Waals surface area contributed by atoms with Gasteiger partial charge in [-0.05, 0) is 74.4 Å². The van der Waals surface area contributed by atoms with Gasteiger partial charge in [0, 0.05) is 6.92 Å². The van der Waals surface area contributed by atoms with Gasteiger partial charge in [0.05, 0.1) is 5.03 Å². The summed E-state index contributed by atoms with van der Waals surface area (Å²) in [6.45, 7) is 1.41. The summed E-state index contributed by atoms with van der Waals surface area (Å²) in [7, 11) is 0. The maximum absolute atomic E-state index is 11.1. The van der Waals surface area contributed by atoms with Crippen molar-refractivity contribution in [3.05, 3.63) is 21.9 Å². The first-order valence-electron chi connectivity index (χ1n) is 6.97. The van der Waals surface area contributed by atoms with Crippen molar-refractivity contribution in [2.75, 3.05) is 0 Å². The molecule has 2 rings (SSSR count). The molecule has 0 saturated heterocycles. The molecule has 2 aliphatic carbocycles. The molecule has 0 aromatic rings. The van der Waals surface area contributed by atoms with Gasteiger partial charge in [0.1, 0.15) is 0 Å². The van der Waals surface area contributed by atoms with E-state index in [1.54, 1.807) is 0 Å². The Morgan fingerprint density at radius 2 is 1.53 bits per heavy atom. The average molecular weight is 279 g/mol. The van der Waals surface area contributed by atoms with E-state index in [1.807, 2.05) is 0 Å². The summed E-state index contributed by atoms with van der Waals surface area (Å²) in [5, 5.41) is 0.640. The second-order valence-corrected chi connectivity index (χ2v) is 5.49. The molecule has 2 saturated carbocycles. The van der Waals surface area contributed by atoms with E-state index in [9.17, 15) is 4.79 Å². The van der Waals surface area contributed by atoms with Crippen LogP contribution in [-0.4, -0.2) is 5.97 Å². The number of halogens is 1. The highest BCUT2D eigenvalue weighted by atomic mass is 35.5. The molecular formula is C16H19ClO2. The first-order chi connectivity index (χ1) is 9.16. The van der Waals surface area contributed by atoms with E-state index in [2.05, 4.69) is 11.8 Å². The molecule has 0 unspecified atom stereocenters. The lowest BCUT2D eigenvalue weighted by atomic mass is 10.2. The first kappa shape index (κ1) is 14.2. The molecule has 3 heteroatoms. The second-order valence-electron chi connectivity index (χ2n) is 5.11. The summed E-state index contributed by atoms with van der Waals surface area (Å²) in [5.74, 6) is 6.15. The van der Waals surface area contributed by atoms with Crippen molar-refractivity contribution in [2.45, 2.75) is 58.3 Å². The summed E-state index contributed by atoms with van der Waals surface area (Å²) < 4.78 is 5.23. The minimum atomic E-state index is -0.312.